The highest BCUT2D eigenvalue weighted by atomic mass is 19.1. The first kappa shape index (κ1) is 31.8. The van der Waals surface area contributed by atoms with E-state index in [9.17, 15) is 19.5 Å². The summed E-state index contributed by atoms with van der Waals surface area (Å²) in [6.45, 7) is 4.84. The summed E-state index contributed by atoms with van der Waals surface area (Å²) in [5.41, 5.74) is 4.36. The van der Waals surface area contributed by atoms with Gasteiger partial charge in [-0.3, -0.25) is 14.2 Å². The number of aromatic nitrogens is 2. The third-order valence-corrected chi connectivity index (χ3v) is 8.44. The number of hydrogen-bond acceptors (Lipinski definition) is 7. The lowest BCUT2D eigenvalue weighted by atomic mass is 9.90. The molecule has 0 radical (unpaired) electrons. The molecule has 10 nitrogen and oxygen atoms in total. The van der Waals surface area contributed by atoms with Crippen molar-refractivity contribution in [3.05, 3.63) is 104 Å². The summed E-state index contributed by atoms with van der Waals surface area (Å²) in [5.74, 6) is -0.670. The standard InChI is InChI=1S/C34H37FN4O6/c1-19-22(21-14-27(35)25(31(15-21)44-5)16-36-29-18-45-13-12-30(29)40)8-6-9-23(19)24-10-7-11-28(20(24)2)37-32(41)26-17-38(3)34(43)39(4)33(26)42/h6-11,14-15,17,29-30,36,40H,12-13,16,18H2,1-5H3,(H,37,41)/t29-,30-/m0/s1. The first-order chi connectivity index (χ1) is 21.5. The van der Waals surface area contributed by atoms with E-state index in [1.807, 2.05) is 44.2 Å². The van der Waals surface area contributed by atoms with Gasteiger partial charge in [-0.25, -0.2) is 9.18 Å². The van der Waals surface area contributed by atoms with Crippen molar-refractivity contribution in [3.63, 3.8) is 0 Å². The average molecular weight is 617 g/mol. The highest BCUT2D eigenvalue weighted by molar-refractivity contribution is 6.04. The van der Waals surface area contributed by atoms with Gasteiger partial charge in [-0.2, -0.15) is 0 Å². The number of ether oxygens (including phenoxy) is 2. The second kappa shape index (κ2) is 13.2. The fourth-order valence-electron chi connectivity index (χ4n) is 5.73. The van der Waals surface area contributed by atoms with E-state index < -0.39 is 29.1 Å². The van der Waals surface area contributed by atoms with Gasteiger partial charge in [-0.05, 0) is 71.8 Å². The maximum atomic E-state index is 15.6. The number of nitrogens with zero attached hydrogens (tertiary/aromatic N) is 2. The van der Waals surface area contributed by atoms with Crippen molar-refractivity contribution in [1.29, 1.82) is 0 Å². The van der Waals surface area contributed by atoms with Gasteiger partial charge in [0.1, 0.15) is 17.1 Å². The Kier molecular flexibility index (Phi) is 9.33. The van der Waals surface area contributed by atoms with Crippen LogP contribution < -0.4 is 26.6 Å². The molecule has 1 amide bonds. The summed E-state index contributed by atoms with van der Waals surface area (Å²) in [5, 5.41) is 16.3. The number of aryl methyl sites for hydroxylation is 1. The highest BCUT2D eigenvalue weighted by Gasteiger charge is 2.25. The van der Waals surface area contributed by atoms with Crippen LogP contribution in [0.15, 0.2) is 64.3 Å². The van der Waals surface area contributed by atoms with Crippen LogP contribution in [0.2, 0.25) is 0 Å². The molecule has 0 aliphatic carbocycles. The van der Waals surface area contributed by atoms with E-state index in [-0.39, 0.29) is 18.2 Å². The van der Waals surface area contributed by atoms with Crippen molar-refractivity contribution in [1.82, 2.24) is 14.5 Å². The van der Waals surface area contributed by atoms with Crippen molar-refractivity contribution < 1.29 is 23.8 Å². The molecule has 1 fully saturated rings. The predicted octanol–water partition coefficient (Wildman–Crippen LogP) is 3.67. The number of aliphatic hydroxyl groups is 1. The molecular weight excluding hydrogens is 579 g/mol. The molecule has 1 aromatic heterocycles. The molecule has 1 saturated heterocycles. The van der Waals surface area contributed by atoms with Crippen LogP contribution in [0.25, 0.3) is 22.3 Å². The number of nitrogens with one attached hydrogen (secondary N) is 2. The van der Waals surface area contributed by atoms with Crippen molar-refractivity contribution in [2.45, 2.75) is 39.0 Å². The van der Waals surface area contributed by atoms with E-state index in [2.05, 4.69) is 10.6 Å². The van der Waals surface area contributed by atoms with Gasteiger partial charge in [0.2, 0.25) is 0 Å². The number of halogens is 1. The number of carbonyl (C=O) groups is 1. The van der Waals surface area contributed by atoms with Crippen molar-refractivity contribution in [3.8, 4) is 28.0 Å². The molecule has 45 heavy (non-hydrogen) atoms. The maximum absolute atomic E-state index is 15.6. The Balaban J connectivity index is 1.45. The van der Waals surface area contributed by atoms with Crippen molar-refractivity contribution in [2.24, 2.45) is 14.1 Å². The summed E-state index contributed by atoms with van der Waals surface area (Å²) < 4.78 is 28.7. The van der Waals surface area contributed by atoms with E-state index in [4.69, 9.17) is 9.47 Å². The van der Waals surface area contributed by atoms with Crippen LogP contribution in [-0.4, -0.2) is 52.6 Å². The monoisotopic (exact) mass is 616 g/mol. The molecule has 236 valence electrons. The van der Waals surface area contributed by atoms with Gasteiger partial charge >= 0.3 is 5.69 Å². The Morgan fingerprint density at radius 3 is 2.47 bits per heavy atom. The quantitative estimate of drug-likeness (QED) is 0.276. The molecule has 5 rings (SSSR count). The number of benzene rings is 3. The highest BCUT2D eigenvalue weighted by Crippen LogP contribution is 2.37. The van der Waals surface area contributed by atoms with Crippen molar-refractivity contribution in [2.75, 3.05) is 25.6 Å². The summed E-state index contributed by atoms with van der Waals surface area (Å²) in [6, 6.07) is 14.2. The third kappa shape index (κ3) is 6.32. The molecular formula is C34H37FN4O6. The molecule has 0 saturated carbocycles. The van der Waals surface area contributed by atoms with Crippen LogP contribution >= 0.6 is 0 Å². The van der Waals surface area contributed by atoms with Gasteiger partial charge in [-0.1, -0.05) is 30.3 Å². The lowest BCUT2D eigenvalue weighted by Gasteiger charge is -2.29. The van der Waals surface area contributed by atoms with Crippen molar-refractivity contribution >= 4 is 11.6 Å². The minimum atomic E-state index is -0.682. The Bertz CT molecular complexity index is 1880. The SMILES string of the molecule is COc1cc(-c2cccc(-c3cccc(NC(=O)c4cn(C)c(=O)n(C)c4=O)c3C)c2C)cc(F)c1CN[C@H]1COCC[C@@H]1O. The first-order valence-corrected chi connectivity index (χ1v) is 14.6. The third-order valence-electron chi connectivity index (χ3n) is 8.44. The van der Waals surface area contributed by atoms with Gasteiger partial charge < -0.3 is 29.8 Å². The smallest absolute Gasteiger partial charge is 0.330 e. The number of methoxy groups -OCH3 is 1. The predicted molar refractivity (Wildman–Crippen MR) is 170 cm³/mol. The van der Waals surface area contributed by atoms with Crippen LogP contribution in [-0.2, 0) is 25.4 Å². The minimum Gasteiger partial charge on any atom is -0.496 e. The molecule has 1 aliphatic heterocycles. The summed E-state index contributed by atoms with van der Waals surface area (Å²) >= 11 is 0. The van der Waals surface area contributed by atoms with E-state index >= 15 is 4.39 Å². The fourth-order valence-corrected chi connectivity index (χ4v) is 5.73. The van der Waals surface area contributed by atoms with E-state index in [1.165, 1.54) is 38.0 Å². The van der Waals surface area contributed by atoms with E-state index in [1.54, 1.807) is 12.1 Å². The zero-order valence-electron chi connectivity index (χ0n) is 25.9. The van der Waals surface area contributed by atoms with Gasteiger partial charge in [0.15, 0.2) is 0 Å². The van der Waals surface area contributed by atoms with Gasteiger partial charge in [-0.15, -0.1) is 0 Å². The molecule has 11 heteroatoms. The van der Waals surface area contributed by atoms with Crippen LogP contribution in [0, 0.1) is 19.7 Å². The summed E-state index contributed by atoms with van der Waals surface area (Å²) in [4.78, 5) is 37.8. The lowest BCUT2D eigenvalue weighted by molar-refractivity contribution is -0.0161. The Hall–Kier alpha value is -4.58. The molecule has 3 N–H and O–H groups in total. The Morgan fingerprint density at radius 2 is 1.76 bits per heavy atom. The molecule has 2 atom stereocenters. The molecule has 4 aromatic rings. The Morgan fingerprint density at radius 1 is 1.07 bits per heavy atom. The number of anilines is 1. The molecule has 3 aromatic carbocycles. The van der Waals surface area contributed by atoms with E-state index in [0.717, 1.165) is 32.4 Å². The molecule has 0 spiro atoms. The zero-order chi connectivity index (χ0) is 32.4. The normalized spacial score (nSPS) is 16.4. The summed E-state index contributed by atoms with van der Waals surface area (Å²) in [7, 11) is 4.30. The Labute approximate surface area is 260 Å². The average Bonchev–Trinajstić information content (AvgIpc) is 3.02. The topological polar surface area (TPSA) is 124 Å². The van der Waals surface area contributed by atoms with Gasteiger partial charge in [0.05, 0.1) is 25.9 Å². The van der Waals surface area contributed by atoms with Crippen LogP contribution in [0.1, 0.15) is 33.5 Å². The fraction of sp³-hybridized carbons (Fsp3) is 0.324. The molecule has 0 unspecified atom stereocenters. The zero-order valence-corrected chi connectivity index (χ0v) is 25.9. The van der Waals surface area contributed by atoms with Crippen LogP contribution in [0.4, 0.5) is 10.1 Å². The van der Waals surface area contributed by atoms with E-state index in [0.29, 0.717) is 42.2 Å². The van der Waals surface area contributed by atoms with Gasteiger partial charge in [0.25, 0.3) is 11.5 Å². The number of amides is 1. The number of aliphatic hydroxyl groups excluding tert-OH is 1. The molecule has 0 bridgehead atoms. The number of hydrogen-bond donors (Lipinski definition) is 3. The summed E-state index contributed by atoms with van der Waals surface area (Å²) in [6.07, 6.45) is 1.19. The molecule has 1 aliphatic rings. The second-order valence-electron chi connectivity index (χ2n) is 11.3. The lowest BCUT2D eigenvalue weighted by Crippen LogP contribution is -2.46. The maximum Gasteiger partial charge on any atom is 0.330 e. The second-order valence-corrected chi connectivity index (χ2v) is 11.3. The largest absolute Gasteiger partial charge is 0.496 e. The van der Waals surface area contributed by atoms with Crippen LogP contribution in [0.5, 0.6) is 5.75 Å². The van der Waals surface area contributed by atoms with Crippen LogP contribution in [0.3, 0.4) is 0 Å². The number of carbonyl (C=O) groups excluding carboxylic acids is 1. The van der Waals surface area contributed by atoms with Gasteiger partial charge in [0, 0.05) is 44.7 Å². The minimum absolute atomic E-state index is 0.152. The molecule has 2 heterocycles. The first-order valence-electron chi connectivity index (χ1n) is 14.6. The number of rotatable bonds is 8.